The molecule has 6 aromatic carbocycles. The highest BCUT2D eigenvalue weighted by atomic mass is 15.1. The Morgan fingerprint density at radius 2 is 1.06 bits per heavy atom. The molecule has 0 radical (unpaired) electrons. The van der Waals surface area contributed by atoms with Gasteiger partial charge in [-0.3, -0.25) is 0 Å². The maximum absolute atomic E-state index is 2.51. The Hall–Kier alpha value is -4.88. The van der Waals surface area contributed by atoms with Crippen molar-refractivity contribution in [3.63, 3.8) is 0 Å². The van der Waals surface area contributed by atoms with Gasteiger partial charge in [0.25, 0.3) is 0 Å². The number of anilines is 3. The summed E-state index contributed by atoms with van der Waals surface area (Å²) in [5.74, 6) is 0.689. The lowest BCUT2D eigenvalue weighted by atomic mass is 9.69. The van der Waals surface area contributed by atoms with E-state index < -0.39 is 0 Å². The maximum atomic E-state index is 2.51. The van der Waals surface area contributed by atoms with Crippen LogP contribution in [0.2, 0.25) is 0 Å². The SMILES string of the molecule is CC1(C)c2ccc(N(c3ccc(C4CCCCC4)cc3)c3ccc(C4(c5ccccc5)CCCCCC4)cc3)cc2-c2c(-c3ccccc3)cccc21. The minimum atomic E-state index is -0.0768. The molecular weight excluding hydrogens is 639 g/mol. The van der Waals surface area contributed by atoms with E-state index in [0.29, 0.717) is 5.92 Å². The van der Waals surface area contributed by atoms with Crippen LogP contribution in [-0.4, -0.2) is 0 Å². The van der Waals surface area contributed by atoms with E-state index in [1.54, 1.807) is 0 Å². The van der Waals surface area contributed by atoms with E-state index in [1.807, 2.05) is 0 Å². The molecule has 0 bridgehead atoms. The standard InChI is InChI=1S/C52H53N/c1-51(2)48-34-33-45(37-47(48)50-46(23-16-24-49(50)51)40-19-10-6-11-20-40)53(43-29-25-39(26-30-43)38-17-8-5-9-18-38)44-31-27-42(28-32-44)52(35-14-3-4-15-36-52)41-21-12-7-13-22-41/h6-7,10-13,16,19-34,37-38H,3-5,8-9,14-15,17-18,35-36H2,1-2H3. The zero-order valence-electron chi connectivity index (χ0n) is 31.7. The first-order valence-corrected chi connectivity index (χ1v) is 20.4. The van der Waals surface area contributed by atoms with Crippen LogP contribution in [-0.2, 0) is 10.8 Å². The third kappa shape index (κ3) is 6.13. The van der Waals surface area contributed by atoms with Crippen molar-refractivity contribution in [2.24, 2.45) is 0 Å². The second-order valence-electron chi connectivity index (χ2n) is 16.6. The van der Waals surface area contributed by atoms with Crippen molar-refractivity contribution in [3.05, 3.63) is 173 Å². The highest BCUT2D eigenvalue weighted by Crippen LogP contribution is 2.54. The van der Waals surface area contributed by atoms with Crippen LogP contribution in [0.15, 0.2) is 146 Å². The van der Waals surface area contributed by atoms with Crippen LogP contribution in [0.1, 0.15) is 118 Å². The van der Waals surface area contributed by atoms with Crippen LogP contribution >= 0.6 is 0 Å². The lowest BCUT2D eigenvalue weighted by molar-refractivity contribution is 0.443. The molecule has 0 atom stereocenters. The second-order valence-corrected chi connectivity index (χ2v) is 16.6. The molecule has 0 heterocycles. The topological polar surface area (TPSA) is 3.24 Å². The highest BCUT2D eigenvalue weighted by Gasteiger charge is 2.38. The summed E-state index contributed by atoms with van der Waals surface area (Å²) in [4.78, 5) is 2.51. The van der Waals surface area contributed by atoms with Crippen molar-refractivity contribution >= 4 is 17.1 Å². The number of hydrogen-bond acceptors (Lipinski definition) is 1. The zero-order chi connectivity index (χ0) is 35.8. The molecule has 3 aliphatic rings. The van der Waals surface area contributed by atoms with Gasteiger partial charge in [0, 0.05) is 27.9 Å². The first-order valence-electron chi connectivity index (χ1n) is 20.4. The molecule has 3 aliphatic carbocycles. The van der Waals surface area contributed by atoms with Crippen LogP contribution in [0.5, 0.6) is 0 Å². The van der Waals surface area contributed by atoms with Crippen LogP contribution in [0.25, 0.3) is 22.3 Å². The fourth-order valence-electron chi connectivity index (χ4n) is 10.3. The van der Waals surface area contributed by atoms with Crippen LogP contribution < -0.4 is 4.90 Å². The van der Waals surface area contributed by atoms with Crippen molar-refractivity contribution in [2.75, 3.05) is 4.90 Å². The molecule has 266 valence electrons. The number of nitrogens with zero attached hydrogens (tertiary/aromatic N) is 1. The molecule has 0 saturated heterocycles. The second kappa shape index (κ2) is 14.2. The Morgan fingerprint density at radius 1 is 0.472 bits per heavy atom. The summed E-state index contributed by atoms with van der Waals surface area (Å²) in [6, 6.07) is 55.8. The Balaban J connectivity index is 1.17. The summed E-state index contributed by atoms with van der Waals surface area (Å²) in [7, 11) is 0. The number of hydrogen-bond donors (Lipinski definition) is 0. The zero-order valence-corrected chi connectivity index (χ0v) is 31.7. The lowest BCUT2D eigenvalue weighted by Crippen LogP contribution is -2.27. The minimum absolute atomic E-state index is 0.0689. The summed E-state index contributed by atoms with van der Waals surface area (Å²) in [5, 5.41) is 0. The molecule has 0 aromatic heterocycles. The number of rotatable bonds is 7. The smallest absolute Gasteiger partial charge is 0.0468 e. The molecule has 1 nitrogen and oxygen atoms in total. The van der Waals surface area contributed by atoms with E-state index in [2.05, 4.69) is 164 Å². The van der Waals surface area contributed by atoms with E-state index in [1.165, 1.54) is 138 Å². The summed E-state index contributed by atoms with van der Waals surface area (Å²) in [5.41, 5.74) is 16.2. The average Bonchev–Trinajstić information content (AvgIpc) is 3.35. The Labute approximate surface area is 317 Å². The monoisotopic (exact) mass is 691 g/mol. The van der Waals surface area contributed by atoms with Gasteiger partial charge >= 0.3 is 0 Å². The van der Waals surface area contributed by atoms with Gasteiger partial charge in [0.2, 0.25) is 0 Å². The molecule has 6 aromatic rings. The fourth-order valence-corrected chi connectivity index (χ4v) is 10.3. The van der Waals surface area contributed by atoms with Crippen LogP contribution in [0.3, 0.4) is 0 Å². The van der Waals surface area contributed by atoms with E-state index in [-0.39, 0.29) is 10.8 Å². The van der Waals surface area contributed by atoms with Gasteiger partial charge < -0.3 is 4.90 Å². The summed E-state index contributed by atoms with van der Waals surface area (Å²) in [6.45, 7) is 4.78. The molecule has 2 saturated carbocycles. The summed E-state index contributed by atoms with van der Waals surface area (Å²) < 4.78 is 0. The normalized spacial score (nSPS) is 17.8. The van der Waals surface area contributed by atoms with Gasteiger partial charge in [-0.2, -0.15) is 0 Å². The largest absolute Gasteiger partial charge is 0.310 e. The first kappa shape index (κ1) is 33.9. The number of benzene rings is 6. The molecule has 2 fully saturated rings. The Bertz CT molecular complexity index is 2160. The van der Waals surface area contributed by atoms with Gasteiger partial charge in [0.05, 0.1) is 0 Å². The van der Waals surface area contributed by atoms with E-state index in [4.69, 9.17) is 0 Å². The van der Waals surface area contributed by atoms with Crippen molar-refractivity contribution < 1.29 is 0 Å². The number of fused-ring (bicyclic) bond motifs is 3. The van der Waals surface area contributed by atoms with E-state index >= 15 is 0 Å². The minimum Gasteiger partial charge on any atom is -0.310 e. The van der Waals surface area contributed by atoms with E-state index in [0.717, 1.165) is 0 Å². The predicted molar refractivity (Wildman–Crippen MR) is 225 cm³/mol. The molecule has 1 heteroatoms. The quantitative estimate of drug-likeness (QED) is 0.151. The van der Waals surface area contributed by atoms with Crippen molar-refractivity contribution in [1.29, 1.82) is 0 Å². The van der Waals surface area contributed by atoms with Gasteiger partial charge in [0.15, 0.2) is 0 Å². The fraction of sp³-hybridized carbons (Fsp3) is 0.308. The Morgan fingerprint density at radius 3 is 1.74 bits per heavy atom. The van der Waals surface area contributed by atoms with Gasteiger partial charge in [0.1, 0.15) is 0 Å². The highest BCUT2D eigenvalue weighted by molar-refractivity contribution is 5.94. The van der Waals surface area contributed by atoms with Crippen molar-refractivity contribution in [2.45, 2.75) is 101 Å². The van der Waals surface area contributed by atoms with Gasteiger partial charge in [-0.15, -0.1) is 0 Å². The van der Waals surface area contributed by atoms with Gasteiger partial charge in [-0.05, 0) is 118 Å². The van der Waals surface area contributed by atoms with Crippen molar-refractivity contribution in [1.82, 2.24) is 0 Å². The summed E-state index contributed by atoms with van der Waals surface area (Å²) in [6.07, 6.45) is 14.4. The van der Waals surface area contributed by atoms with Gasteiger partial charge in [-0.1, -0.05) is 168 Å². The predicted octanol–water partition coefficient (Wildman–Crippen LogP) is 14.8. The molecule has 0 spiro atoms. The molecule has 53 heavy (non-hydrogen) atoms. The lowest BCUT2D eigenvalue weighted by Gasteiger charge is -2.35. The van der Waals surface area contributed by atoms with Crippen molar-refractivity contribution in [3.8, 4) is 22.3 Å². The van der Waals surface area contributed by atoms with E-state index in [9.17, 15) is 0 Å². The molecule has 0 amide bonds. The Kier molecular flexibility index (Phi) is 9.07. The third-order valence-electron chi connectivity index (χ3n) is 13.2. The molecular formula is C52H53N. The third-order valence-corrected chi connectivity index (χ3v) is 13.2. The molecule has 0 unspecified atom stereocenters. The molecule has 0 aliphatic heterocycles. The maximum Gasteiger partial charge on any atom is 0.0468 e. The van der Waals surface area contributed by atoms with Crippen LogP contribution in [0.4, 0.5) is 17.1 Å². The molecule has 0 N–H and O–H groups in total. The summed E-state index contributed by atoms with van der Waals surface area (Å²) >= 11 is 0. The van der Waals surface area contributed by atoms with Crippen LogP contribution in [0, 0.1) is 0 Å². The molecule has 9 rings (SSSR count). The average molecular weight is 692 g/mol. The van der Waals surface area contributed by atoms with Gasteiger partial charge in [-0.25, -0.2) is 0 Å². The first-order chi connectivity index (χ1) is 26.0.